The average molecular weight is 942 g/mol. The van der Waals surface area contributed by atoms with Crippen LogP contribution in [-0.4, -0.2) is 126 Å². The largest absolute Gasteiger partial charge is 0.370 e. The molecule has 0 saturated carbocycles. The summed E-state index contributed by atoms with van der Waals surface area (Å²) < 4.78 is 0. The molecule has 0 bridgehead atoms. The molecule has 1 aliphatic heterocycles. The van der Waals surface area contributed by atoms with Gasteiger partial charge in [0, 0.05) is 55.5 Å². The highest BCUT2D eigenvalue weighted by molar-refractivity contribution is 5.98. The molecule has 1 aliphatic rings. The summed E-state index contributed by atoms with van der Waals surface area (Å²) >= 11 is 0. The molecule has 68 heavy (non-hydrogen) atoms. The zero-order valence-corrected chi connectivity index (χ0v) is 37.9. The summed E-state index contributed by atoms with van der Waals surface area (Å²) in [5, 5.41) is 16.6. The van der Waals surface area contributed by atoms with Crippen molar-refractivity contribution in [2.75, 3.05) is 13.1 Å². The fraction of sp³-hybridized carbons (Fsp3) is 0.444. The van der Waals surface area contributed by atoms with Crippen molar-refractivity contribution in [3.8, 4) is 0 Å². The summed E-state index contributed by atoms with van der Waals surface area (Å²) in [6.45, 7) is 1.50. The van der Waals surface area contributed by atoms with Crippen LogP contribution in [0.2, 0.25) is 0 Å². The average Bonchev–Trinajstić information content (AvgIpc) is 3.99. The quantitative estimate of drug-likeness (QED) is 0.0199. The Morgan fingerprint density at radius 1 is 0.676 bits per heavy atom. The number of amides is 8. The molecular formula is C45H63N15O8. The maximum absolute atomic E-state index is 14.5. The lowest BCUT2D eigenvalue weighted by Crippen LogP contribution is -2.60. The first-order chi connectivity index (χ1) is 32.5. The lowest BCUT2D eigenvalue weighted by atomic mass is 10.0. The van der Waals surface area contributed by atoms with Crippen molar-refractivity contribution in [3.63, 3.8) is 0 Å². The number of benzene rings is 2. The van der Waals surface area contributed by atoms with Crippen LogP contribution in [0.5, 0.6) is 0 Å². The number of guanidine groups is 1. The van der Waals surface area contributed by atoms with E-state index < -0.39 is 96.1 Å². The number of aliphatic imine (C=N–C) groups is 3. The summed E-state index contributed by atoms with van der Waals surface area (Å²) in [4.78, 5) is 122. The molecular weight excluding hydrogens is 879 g/mol. The second kappa shape index (κ2) is 27.1. The van der Waals surface area contributed by atoms with Crippen LogP contribution in [0.15, 0.2) is 75.8 Å². The van der Waals surface area contributed by atoms with Gasteiger partial charge in [-0.15, -0.1) is 0 Å². The molecule has 3 aromatic rings. The number of fused-ring (bicyclic) bond motifs is 1. The number of carbonyl (C=O) groups is 8. The van der Waals surface area contributed by atoms with Gasteiger partial charge in [-0.1, -0.05) is 68.3 Å². The molecule has 23 heteroatoms. The molecule has 0 radical (unpaired) electrons. The van der Waals surface area contributed by atoms with Gasteiger partial charge in [-0.3, -0.25) is 48.3 Å². The molecule has 4 rings (SSSR count). The normalized spacial score (nSPS) is 15.4. The summed E-state index contributed by atoms with van der Waals surface area (Å²) in [7, 11) is 0. The number of aromatic amines is 1. The first kappa shape index (κ1) is 52.9. The Morgan fingerprint density at radius 3 is 1.93 bits per heavy atom. The predicted octanol–water partition coefficient (Wildman–Crippen LogP) is -2.31. The van der Waals surface area contributed by atoms with Gasteiger partial charge in [-0.25, -0.2) is 4.99 Å². The minimum absolute atomic E-state index is 0.0245. The van der Waals surface area contributed by atoms with Crippen LogP contribution in [-0.2, 0) is 51.2 Å². The van der Waals surface area contributed by atoms with E-state index in [0.29, 0.717) is 24.0 Å². The van der Waals surface area contributed by atoms with Crippen LogP contribution < -0.4 is 60.6 Å². The third-order valence-corrected chi connectivity index (χ3v) is 10.9. The topological polar surface area (TPSA) is 392 Å². The second-order valence-electron chi connectivity index (χ2n) is 16.3. The number of carbonyl (C=O) groups excluding carboxylic acids is 8. The molecule has 0 saturated heterocycles. The smallest absolute Gasteiger partial charge is 0.243 e. The molecule has 1 aromatic heterocycles. The van der Waals surface area contributed by atoms with Crippen LogP contribution in [0.3, 0.4) is 0 Å². The van der Waals surface area contributed by atoms with E-state index in [1.807, 2.05) is 31.2 Å². The monoisotopic (exact) mass is 941 g/mol. The van der Waals surface area contributed by atoms with E-state index in [-0.39, 0.29) is 57.5 Å². The number of nitrogens with one attached hydrogen (secondary N) is 7. The fourth-order valence-corrected chi connectivity index (χ4v) is 7.23. The number of H-pyrrole nitrogens is 1. The SMILES string of the molecule is CCCCC(N)C(=O)NC(CCC(N)=O)C(=O)NC(CC1C=NC=N1)C(=O)NC(Cc1ccccc1)C(=O)NC(CCCN=C(N)N)C(=O)NC(Cc1c[nH]c2ccccc12)C(=O)NCC(N)=O. The summed E-state index contributed by atoms with van der Waals surface area (Å²) in [5.74, 6) is -6.34. The molecule has 7 unspecified atom stereocenters. The Balaban J connectivity index is 1.63. The first-order valence-corrected chi connectivity index (χ1v) is 22.4. The number of primary amides is 2. The third kappa shape index (κ3) is 17.6. The van der Waals surface area contributed by atoms with Crippen LogP contribution >= 0.6 is 0 Å². The van der Waals surface area contributed by atoms with Gasteiger partial charge in [0.25, 0.3) is 0 Å². The molecule has 2 aromatic carbocycles. The molecule has 0 aliphatic carbocycles. The second-order valence-corrected chi connectivity index (χ2v) is 16.3. The van der Waals surface area contributed by atoms with Crippen LogP contribution in [0.25, 0.3) is 10.9 Å². The number of nitrogens with two attached hydrogens (primary N) is 5. The molecule has 7 atom stereocenters. The number of unbranched alkanes of at least 4 members (excludes halogenated alkanes) is 1. The first-order valence-electron chi connectivity index (χ1n) is 22.4. The summed E-state index contributed by atoms with van der Waals surface area (Å²) in [6, 6.07) is 7.74. The van der Waals surface area contributed by atoms with Crippen molar-refractivity contribution in [2.24, 2.45) is 43.6 Å². The minimum atomic E-state index is -1.38. The Kier molecular flexibility index (Phi) is 21.1. The van der Waals surface area contributed by atoms with Crippen molar-refractivity contribution in [3.05, 3.63) is 71.9 Å². The highest BCUT2D eigenvalue weighted by Gasteiger charge is 2.34. The van der Waals surface area contributed by atoms with Crippen molar-refractivity contribution >= 4 is 76.7 Å². The molecule has 0 spiro atoms. The van der Waals surface area contributed by atoms with Crippen molar-refractivity contribution in [2.45, 2.75) is 113 Å². The number of nitrogens with zero attached hydrogens (tertiary/aromatic N) is 3. The van der Waals surface area contributed by atoms with E-state index in [9.17, 15) is 38.4 Å². The van der Waals surface area contributed by atoms with Gasteiger partial charge in [0.2, 0.25) is 47.3 Å². The number of rotatable bonds is 29. The Morgan fingerprint density at radius 2 is 1.28 bits per heavy atom. The number of aromatic nitrogens is 1. The van der Waals surface area contributed by atoms with Gasteiger partial charge in [0.15, 0.2) is 5.96 Å². The van der Waals surface area contributed by atoms with Crippen LogP contribution in [0.1, 0.15) is 69.4 Å². The molecule has 2 heterocycles. The minimum Gasteiger partial charge on any atom is -0.370 e. The number of para-hydroxylation sites is 1. The van der Waals surface area contributed by atoms with Crippen LogP contribution in [0.4, 0.5) is 0 Å². The van der Waals surface area contributed by atoms with E-state index in [1.165, 1.54) is 12.6 Å². The van der Waals surface area contributed by atoms with Gasteiger partial charge in [0.1, 0.15) is 36.5 Å². The zero-order valence-electron chi connectivity index (χ0n) is 37.9. The van der Waals surface area contributed by atoms with Gasteiger partial charge < -0.3 is 65.6 Å². The Labute approximate surface area is 393 Å². The van der Waals surface area contributed by atoms with Gasteiger partial charge in [-0.2, -0.15) is 0 Å². The lowest BCUT2D eigenvalue weighted by molar-refractivity contribution is -0.135. The summed E-state index contributed by atoms with van der Waals surface area (Å²) in [5.41, 5.74) is 29.9. The van der Waals surface area contributed by atoms with E-state index in [0.717, 1.165) is 17.3 Å². The Bertz CT molecular complexity index is 2300. The van der Waals surface area contributed by atoms with Gasteiger partial charge in [0.05, 0.1) is 18.6 Å². The number of hydrogen-bond acceptors (Lipinski definition) is 12. The Hall–Kier alpha value is -7.69. The molecule has 8 amide bonds. The molecule has 17 N–H and O–H groups in total. The maximum Gasteiger partial charge on any atom is 0.243 e. The van der Waals surface area contributed by atoms with Gasteiger partial charge in [-0.05, 0) is 42.9 Å². The van der Waals surface area contributed by atoms with E-state index >= 15 is 0 Å². The lowest BCUT2D eigenvalue weighted by Gasteiger charge is -2.28. The van der Waals surface area contributed by atoms with Crippen molar-refractivity contribution < 1.29 is 38.4 Å². The highest BCUT2D eigenvalue weighted by atomic mass is 16.2. The molecule has 0 fully saturated rings. The van der Waals surface area contributed by atoms with E-state index in [4.69, 9.17) is 28.7 Å². The molecule has 366 valence electrons. The van der Waals surface area contributed by atoms with Crippen molar-refractivity contribution in [1.29, 1.82) is 0 Å². The third-order valence-electron chi connectivity index (χ3n) is 10.9. The summed E-state index contributed by atoms with van der Waals surface area (Å²) in [6.07, 6.45) is 5.64. The predicted molar refractivity (Wildman–Crippen MR) is 255 cm³/mol. The highest BCUT2D eigenvalue weighted by Crippen LogP contribution is 2.20. The van der Waals surface area contributed by atoms with Crippen LogP contribution in [0, 0.1) is 0 Å². The standard InChI is InChI=1S/C45H63N15O8/c1-2-3-13-30(46)39(63)56-33(16-17-37(47)61)42(66)60-36(21-28-23-51-25-55-28)44(68)58-34(19-26-10-5-4-6-11-26)43(67)57-32(15-9-18-52-45(49)50)41(65)59-35(40(64)54-24-38(48)62)20-27-22-53-31-14-8-7-12-29(27)31/h4-8,10-12,14,22-23,25,28,30,32-36,53H,2-3,9,13,15-21,24,46H2,1H3,(H2,47,61)(H2,48,62)(H,54,64)(H,56,63)(H,57,67)(H,58,68)(H,59,65)(H,60,66)(H4,49,50,52). The van der Waals surface area contributed by atoms with E-state index in [1.54, 1.807) is 36.5 Å². The van der Waals surface area contributed by atoms with Crippen molar-refractivity contribution in [1.82, 2.24) is 36.9 Å². The van der Waals surface area contributed by atoms with E-state index in [2.05, 4.69) is 51.9 Å². The number of hydrogen-bond donors (Lipinski definition) is 12. The molecule has 23 nitrogen and oxygen atoms in total. The van der Waals surface area contributed by atoms with Gasteiger partial charge >= 0.3 is 0 Å². The fourth-order valence-electron chi connectivity index (χ4n) is 7.23. The maximum atomic E-state index is 14.5. The zero-order chi connectivity index (χ0) is 49.6.